The number of hydrogen-bond donors (Lipinski definition) is 2. The summed E-state index contributed by atoms with van der Waals surface area (Å²) < 4.78 is 0. The fraction of sp³-hybridized carbons (Fsp3) is 0.385. The van der Waals surface area contributed by atoms with Crippen LogP contribution in [0.3, 0.4) is 0 Å². The number of amides is 1. The third kappa shape index (κ3) is 3.46. The van der Waals surface area contributed by atoms with Gasteiger partial charge in [0.1, 0.15) is 4.99 Å². The maximum absolute atomic E-state index is 12.1. The molecule has 96 valence electrons. The van der Waals surface area contributed by atoms with Crippen molar-refractivity contribution < 1.29 is 4.79 Å². The van der Waals surface area contributed by atoms with E-state index in [0.29, 0.717) is 10.6 Å². The van der Waals surface area contributed by atoms with E-state index in [1.165, 1.54) is 12.2 Å². The maximum Gasteiger partial charge on any atom is 0.251 e. The lowest BCUT2D eigenvalue weighted by Crippen LogP contribution is -2.38. The Kier molecular flexibility index (Phi) is 4.60. The average molecular weight is 280 g/mol. The molecule has 0 aromatic heterocycles. The molecule has 0 aliphatic carbocycles. The number of thioether (sulfide) groups is 1. The molecule has 1 aliphatic rings. The van der Waals surface area contributed by atoms with Gasteiger partial charge in [-0.1, -0.05) is 24.4 Å². The van der Waals surface area contributed by atoms with Crippen LogP contribution in [0.5, 0.6) is 0 Å². The highest BCUT2D eigenvalue weighted by atomic mass is 32.2. The minimum Gasteiger partial charge on any atom is -0.389 e. The van der Waals surface area contributed by atoms with E-state index in [0.717, 1.165) is 17.7 Å². The van der Waals surface area contributed by atoms with Gasteiger partial charge in [-0.25, -0.2) is 0 Å². The Morgan fingerprint density at radius 2 is 2.22 bits per heavy atom. The summed E-state index contributed by atoms with van der Waals surface area (Å²) in [6.07, 6.45) is 2.23. The van der Waals surface area contributed by atoms with Crippen molar-refractivity contribution in [1.82, 2.24) is 5.32 Å². The second-order valence-corrected chi connectivity index (χ2v) is 5.92. The van der Waals surface area contributed by atoms with E-state index in [-0.39, 0.29) is 11.9 Å². The second kappa shape index (κ2) is 6.20. The number of carbonyl (C=O) groups is 1. The third-order valence-corrected chi connectivity index (χ3v) is 4.36. The van der Waals surface area contributed by atoms with Crippen molar-refractivity contribution in [3.8, 4) is 0 Å². The molecule has 1 aromatic rings. The predicted molar refractivity (Wildman–Crippen MR) is 80.1 cm³/mol. The number of nitrogens with one attached hydrogen (secondary N) is 1. The van der Waals surface area contributed by atoms with Crippen LogP contribution in [0.15, 0.2) is 24.3 Å². The molecule has 1 aromatic carbocycles. The minimum atomic E-state index is -0.0411. The first kappa shape index (κ1) is 13.4. The van der Waals surface area contributed by atoms with Crippen molar-refractivity contribution in [3.63, 3.8) is 0 Å². The summed E-state index contributed by atoms with van der Waals surface area (Å²) in [7, 11) is 0. The van der Waals surface area contributed by atoms with E-state index in [9.17, 15) is 4.79 Å². The van der Waals surface area contributed by atoms with Crippen LogP contribution in [0.1, 0.15) is 28.8 Å². The highest BCUT2D eigenvalue weighted by Gasteiger charge is 2.17. The largest absolute Gasteiger partial charge is 0.389 e. The fourth-order valence-electron chi connectivity index (χ4n) is 1.94. The van der Waals surface area contributed by atoms with Crippen LogP contribution in [0.4, 0.5) is 0 Å². The van der Waals surface area contributed by atoms with E-state index >= 15 is 0 Å². The van der Waals surface area contributed by atoms with E-state index < -0.39 is 0 Å². The quantitative estimate of drug-likeness (QED) is 0.831. The van der Waals surface area contributed by atoms with Crippen LogP contribution in [-0.2, 0) is 0 Å². The first-order chi connectivity index (χ1) is 8.66. The predicted octanol–water partition coefficient (Wildman–Crippen LogP) is 1.95. The summed E-state index contributed by atoms with van der Waals surface area (Å²) >= 11 is 6.81. The summed E-state index contributed by atoms with van der Waals surface area (Å²) in [5, 5.41) is 3.06. The standard InChI is InChI=1S/C13H16N2OS2/c14-12(17)9-3-1-4-10(7-9)13(16)15-11-5-2-6-18-8-11/h1,3-4,7,11H,2,5-6,8H2,(H2,14,17)(H,15,16). The van der Waals surface area contributed by atoms with Gasteiger partial charge < -0.3 is 11.1 Å². The number of benzene rings is 1. The SMILES string of the molecule is NC(=S)c1cccc(C(=O)NC2CCCSC2)c1. The first-order valence-electron chi connectivity index (χ1n) is 5.95. The molecule has 1 heterocycles. The highest BCUT2D eigenvalue weighted by molar-refractivity contribution is 7.99. The Balaban J connectivity index is 2.03. The zero-order valence-electron chi connectivity index (χ0n) is 10.0. The normalized spacial score (nSPS) is 19.2. The van der Waals surface area contributed by atoms with Gasteiger partial charge in [-0.3, -0.25) is 4.79 Å². The molecule has 1 atom stereocenters. The topological polar surface area (TPSA) is 55.1 Å². The second-order valence-electron chi connectivity index (χ2n) is 4.33. The molecule has 0 saturated carbocycles. The van der Waals surface area contributed by atoms with Gasteiger partial charge in [0.15, 0.2) is 0 Å². The molecule has 1 saturated heterocycles. The zero-order chi connectivity index (χ0) is 13.0. The Hall–Kier alpha value is -1.07. The van der Waals surface area contributed by atoms with Gasteiger partial charge in [0.05, 0.1) is 0 Å². The maximum atomic E-state index is 12.1. The van der Waals surface area contributed by atoms with E-state index in [1.807, 2.05) is 17.8 Å². The molecule has 0 spiro atoms. The van der Waals surface area contributed by atoms with Crippen molar-refractivity contribution in [2.75, 3.05) is 11.5 Å². The number of rotatable bonds is 3. The Morgan fingerprint density at radius 1 is 1.44 bits per heavy atom. The summed E-state index contributed by atoms with van der Waals surface area (Å²) in [6.45, 7) is 0. The molecule has 3 nitrogen and oxygen atoms in total. The van der Waals surface area contributed by atoms with Crippen molar-refractivity contribution in [2.45, 2.75) is 18.9 Å². The van der Waals surface area contributed by atoms with E-state index in [2.05, 4.69) is 5.32 Å². The zero-order valence-corrected chi connectivity index (χ0v) is 11.7. The first-order valence-corrected chi connectivity index (χ1v) is 7.51. The summed E-state index contributed by atoms with van der Waals surface area (Å²) in [5.74, 6) is 2.16. The number of nitrogens with two attached hydrogens (primary N) is 1. The van der Waals surface area contributed by atoms with Crippen LogP contribution in [0.25, 0.3) is 0 Å². The molecule has 1 fully saturated rings. The van der Waals surface area contributed by atoms with Crippen molar-refractivity contribution in [3.05, 3.63) is 35.4 Å². The molecule has 1 amide bonds. The third-order valence-electron chi connectivity index (χ3n) is 2.90. The molecule has 18 heavy (non-hydrogen) atoms. The van der Waals surface area contributed by atoms with E-state index in [1.54, 1.807) is 18.2 Å². The molecule has 2 rings (SSSR count). The van der Waals surface area contributed by atoms with Gasteiger partial charge in [-0.05, 0) is 30.7 Å². The highest BCUT2D eigenvalue weighted by Crippen LogP contribution is 2.17. The molecule has 0 radical (unpaired) electrons. The average Bonchev–Trinajstić information content (AvgIpc) is 2.40. The Morgan fingerprint density at radius 3 is 2.89 bits per heavy atom. The van der Waals surface area contributed by atoms with Gasteiger partial charge in [0.2, 0.25) is 0 Å². The fourth-order valence-corrected chi connectivity index (χ4v) is 3.14. The minimum absolute atomic E-state index is 0.0411. The molecular weight excluding hydrogens is 264 g/mol. The Bertz CT molecular complexity index is 456. The van der Waals surface area contributed by atoms with Crippen molar-refractivity contribution in [2.24, 2.45) is 5.73 Å². The van der Waals surface area contributed by atoms with E-state index in [4.69, 9.17) is 18.0 Å². The lowest BCUT2D eigenvalue weighted by atomic mass is 10.1. The van der Waals surface area contributed by atoms with Crippen LogP contribution in [0.2, 0.25) is 0 Å². The smallest absolute Gasteiger partial charge is 0.251 e. The number of hydrogen-bond acceptors (Lipinski definition) is 3. The van der Waals surface area contributed by atoms with Crippen LogP contribution >= 0.6 is 24.0 Å². The van der Waals surface area contributed by atoms with Gasteiger partial charge in [0, 0.05) is 22.9 Å². The molecular formula is C13H16N2OS2. The molecule has 1 aliphatic heterocycles. The lowest BCUT2D eigenvalue weighted by Gasteiger charge is -2.22. The van der Waals surface area contributed by atoms with Crippen molar-refractivity contribution in [1.29, 1.82) is 0 Å². The molecule has 0 bridgehead atoms. The van der Waals surface area contributed by atoms with Gasteiger partial charge in [-0.2, -0.15) is 11.8 Å². The number of thiocarbonyl (C=S) groups is 1. The summed E-state index contributed by atoms with van der Waals surface area (Å²) in [6, 6.07) is 7.43. The van der Waals surface area contributed by atoms with Crippen LogP contribution < -0.4 is 11.1 Å². The summed E-state index contributed by atoms with van der Waals surface area (Å²) in [4.78, 5) is 12.4. The lowest BCUT2D eigenvalue weighted by molar-refractivity contribution is 0.0938. The van der Waals surface area contributed by atoms with Crippen molar-refractivity contribution >= 4 is 34.9 Å². The van der Waals surface area contributed by atoms with Crippen LogP contribution in [-0.4, -0.2) is 28.4 Å². The molecule has 1 unspecified atom stereocenters. The Labute approximate surface area is 117 Å². The van der Waals surface area contributed by atoms with Gasteiger partial charge in [-0.15, -0.1) is 0 Å². The number of carbonyl (C=O) groups excluding carboxylic acids is 1. The van der Waals surface area contributed by atoms with Crippen LogP contribution in [0, 0.1) is 0 Å². The van der Waals surface area contributed by atoms with Gasteiger partial charge >= 0.3 is 0 Å². The van der Waals surface area contributed by atoms with Gasteiger partial charge in [0.25, 0.3) is 5.91 Å². The summed E-state index contributed by atoms with van der Waals surface area (Å²) in [5.41, 5.74) is 6.92. The molecule has 3 N–H and O–H groups in total. The molecule has 5 heteroatoms. The monoisotopic (exact) mass is 280 g/mol.